The van der Waals surface area contributed by atoms with Gasteiger partial charge in [0, 0.05) is 12.0 Å². The average molecular weight is 316 g/mol. The number of amides is 1. The van der Waals surface area contributed by atoms with Gasteiger partial charge in [0.2, 0.25) is 5.91 Å². The predicted molar refractivity (Wildman–Crippen MR) is 88.4 cm³/mol. The lowest BCUT2D eigenvalue weighted by Gasteiger charge is -2.09. The highest BCUT2D eigenvalue weighted by Crippen LogP contribution is 2.18. The van der Waals surface area contributed by atoms with Crippen LogP contribution in [0.3, 0.4) is 0 Å². The molecule has 0 bridgehead atoms. The smallest absolute Gasteiger partial charge is 0.257 e. The fourth-order valence-corrected chi connectivity index (χ4v) is 2.27. The SMILES string of the molecule is CC(NC(=O)CCCCCCN)c1noc(-c2ccccc2)n1. The van der Waals surface area contributed by atoms with E-state index in [1.165, 1.54) is 0 Å². The monoisotopic (exact) mass is 316 g/mol. The van der Waals surface area contributed by atoms with E-state index in [2.05, 4.69) is 15.5 Å². The molecule has 124 valence electrons. The number of unbranched alkanes of at least 4 members (excludes halogenated alkanes) is 3. The maximum absolute atomic E-state index is 11.9. The molecule has 2 rings (SSSR count). The van der Waals surface area contributed by atoms with Gasteiger partial charge in [-0.2, -0.15) is 4.98 Å². The third-order valence-corrected chi connectivity index (χ3v) is 3.59. The molecule has 0 saturated carbocycles. The number of benzene rings is 1. The maximum Gasteiger partial charge on any atom is 0.257 e. The van der Waals surface area contributed by atoms with Crippen molar-refractivity contribution in [3.05, 3.63) is 36.2 Å². The van der Waals surface area contributed by atoms with Crippen molar-refractivity contribution in [1.82, 2.24) is 15.5 Å². The predicted octanol–water partition coefficient (Wildman–Crippen LogP) is 2.82. The van der Waals surface area contributed by atoms with Crippen LogP contribution in [0.15, 0.2) is 34.9 Å². The summed E-state index contributed by atoms with van der Waals surface area (Å²) in [7, 11) is 0. The van der Waals surface area contributed by atoms with Crippen molar-refractivity contribution < 1.29 is 9.32 Å². The lowest BCUT2D eigenvalue weighted by atomic mass is 10.1. The third-order valence-electron chi connectivity index (χ3n) is 3.59. The highest BCUT2D eigenvalue weighted by Gasteiger charge is 2.16. The van der Waals surface area contributed by atoms with Crippen LogP contribution >= 0.6 is 0 Å². The van der Waals surface area contributed by atoms with Gasteiger partial charge in [-0.3, -0.25) is 4.79 Å². The lowest BCUT2D eigenvalue weighted by molar-refractivity contribution is -0.121. The van der Waals surface area contributed by atoms with Crippen molar-refractivity contribution in [2.24, 2.45) is 5.73 Å². The number of carbonyl (C=O) groups is 1. The van der Waals surface area contributed by atoms with Gasteiger partial charge >= 0.3 is 0 Å². The van der Waals surface area contributed by atoms with Crippen molar-refractivity contribution in [1.29, 1.82) is 0 Å². The van der Waals surface area contributed by atoms with Gasteiger partial charge in [-0.05, 0) is 38.4 Å². The zero-order valence-electron chi connectivity index (χ0n) is 13.5. The van der Waals surface area contributed by atoms with Gasteiger partial charge in [0.05, 0.1) is 6.04 Å². The van der Waals surface area contributed by atoms with Crippen molar-refractivity contribution in [3.63, 3.8) is 0 Å². The van der Waals surface area contributed by atoms with Gasteiger partial charge in [0.15, 0.2) is 5.82 Å². The van der Waals surface area contributed by atoms with E-state index in [0.717, 1.165) is 31.2 Å². The van der Waals surface area contributed by atoms with Crippen molar-refractivity contribution in [2.75, 3.05) is 6.54 Å². The number of hydrogen-bond donors (Lipinski definition) is 2. The minimum absolute atomic E-state index is 0.0105. The minimum Gasteiger partial charge on any atom is -0.346 e. The normalized spacial score (nSPS) is 12.1. The summed E-state index contributed by atoms with van der Waals surface area (Å²) in [5, 5.41) is 6.85. The first-order chi connectivity index (χ1) is 11.2. The molecule has 1 unspecified atom stereocenters. The number of nitrogens with two attached hydrogens (primary N) is 1. The molecule has 0 saturated heterocycles. The van der Waals surface area contributed by atoms with Crippen molar-refractivity contribution in [2.45, 2.75) is 45.1 Å². The van der Waals surface area contributed by atoms with Gasteiger partial charge in [-0.15, -0.1) is 0 Å². The quantitative estimate of drug-likeness (QED) is 0.694. The second kappa shape index (κ2) is 9.05. The van der Waals surface area contributed by atoms with Crippen LogP contribution < -0.4 is 11.1 Å². The summed E-state index contributed by atoms with van der Waals surface area (Å²) in [6.45, 7) is 2.57. The van der Waals surface area contributed by atoms with Crippen LogP contribution in [-0.2, 0) is 4.79 Å². The Bertz CT molecular complexity index is 598. The Balaban J connectivity index is 1.80. The molecule has 1 aromatic carbocycles. The molecule has 2 aromatic rings. The molecule has 23 heavy (non-hydrogen) atoms. The molecular formula is C17H24N4O2. The van der Waals surface area contributed by atoms with Gasteiger partial charge < -0.3 is 15.6 Å². The Morgan fingerprint density at radius 2 is 1.96 bits per heavy atom. The first-order valence-electron chi connectivity index (χ1n) is 8.09. The summed E-state index contributed by atoms with van der Waals surface area (Å²) < 4.78 is 5.25. The van der Waals surface area contributed by atoms with E-state index < -0.39 is 0 Å². The second-order valence-electron chi connectivity index (χ2n) is 5.57. The number of hydrogen-bond acceptors (Lipinski definition) is 5. The van der Waals surface area contributed by atoms with Gasteiger partial charge in [0.1, 0.15) is 0 Å². The molecule has 0 radical (unpaired) electrons. The summed E-state index contributed by atoms with van der Waals surface area (Å²) in [6, 6.07) is 9.29. The summed E-state index contributed by atoms with van der Waals surface area (Å²) in [5.74, 6) is 0.958. The number of rotatable bonds is 9. The largest absolute Gasteiger partial charge is 0.346 e. The molecule has 0 spiro atoms. The van der Waals surface area contributed by atoms with E-state index in [-0.39, 0.29) is 11.9 Å². The lowest BCUT2D eigenvalue weighted by Crippen LogP contribution is -2.27. The van der Waals surface area contributed by atoms with E-state index in [9.17, 15) is 4.79 Å². The van der Waals surface area contributed by atoms with Crippen LogP contribution in [0.4, 0.5) is 0 Å². The molecule has 1 amide bonds. The molecule has 1 atom stereocenters. The number of carbonyl (C=O) groups excluding carboxylic acids is 1. The third kappa shape index (κ3) is 5.49. The Labute approximate surface area is 136 Å². The first kappa shape index (κ1) is 17.1. The number of nitrogens with zero attached hydrogens (tertiary/aromatic N) is 2. The highest BCUT2D eigenvalue weighted by molar-refractivity contribution is 5.76. The Hall–Kier alpha value is -2.21. The summed E-state index contributed by atoms with van der Waals surface area (Å²) >= 11 is 0. The molecule has 6 nitrogen and oxygen atoms in total. The number of nitrogens with one attached hydrogen (secondary N) is 1. The molecule has 0 fully saturated rings. The summed E-state index contributed by atoms with van der Waals surface area (Å²) in [4.78, 5) is 16.3. The number of aromatic nitrogens is 2. The fraction of sp³-hybridized carbons (Fsp3) is 0.471. The van der Waals surface area contributed by atoms with Crippen LogP contribution in [-0.4, -0.2) is 22.6 Å². The second-order valence-corrected chi connectivity index (χ2v) is 5.57. The molecule has 0 aliphatic carbocycles. The first-order valence-corrected chi connectivity index (χ1v) is 8.09. The van der Waals surface area contributed by atoms with Crippen LogP contribution in [0.5, 0.6) is 0 Å². The van der Waals surface area contributed by atoms with Crippen LogP contribution in [0.2, 0.25) is 0 Å². The zero-order valence-corrected chi connectivity index (χ0v) is 13.5. The molecule has 6 heteroatoms. The molecule has 3 N–H and O–H groups in total. The molecule has 1 heterocycles. The van der Waals surface area contributed by atoms with Crippen LogP contribution in [0, 0.1) is 0 Å². The molecule has 0 aliphatic rings. The van der Waals surface area contributed by atoms with Crippen molar-refractivity contribution in [3.8, 4) is 11.5 Å². The fourth-order valence-electron chi connectivity index (χ4n) is 2.27. The van der Waals surface area contributed by atoms with E-state index in [0.29, 0.717) is 24.7 Å². The average Bonchev–Trinajstić information content (AvgIpc) is 3.05. The van der Waals surface area contributed by atoms with Gasteiger partial charge in [-0.1, -0.05) is 36.2 Å². The molecule has 1 aromatic heterocycles. The Morgan fingerprint density at radius 1 is 1.22 bits per heavy atom. The van der Waals surface area contributed by atoms with E-state index in [1.54, 1.807) is 0 Å². The molecular weight excluding hydrogens is 292 g/mol. The van der Waals surface area contributed by atoms with Gasteiger partial charge in [-0.25, -0.2) is 0 Å². The highest BCUT2D eigenvalue weighted by atomic mass is 16.5. The zero-order chi connectivity index (χ0) is 16.5. The van der Waals surface area contributed by atoms with E-state index in [4.69, 9.17) is 10.3 Å². The standard InChI is InChI=1S/C17H24N4O2/c1-13(19-15(22)11-7-2-3-8-12-18)16-20-17(23-21-16)14-9-5-4-6-10-14/h4-6,9-10,13H,2-3,7-8,11-12,18H2,1H3,(H,19,22). The van der Waals surface area contributed by atoms with Crippen LogP contribution in [0.1, 0.15) is 50.9 Å². The topological polar surface area (TPSA) is 94.0 Å². The Kier molecular flexibility index (Phi) is 6.75. The van der Waals surface area contributed by atoms with Crippen molar-refractivity contribution >= 4 is 5.91 Å². The summed E-state index contributed by atoms with van der Waals surface area (Å²) in [5.41, 5.74) is 6.31. The minimum atomic E-state index is -0.271. The molecule has 0 aliphatic heterocycles. The van der Waals surface area contributed by atoms with E-state index >= 15 is 0 Å². The van der Waals surface area contributed by atoms with Gasteiger partial charge in [0.25, 0.3) is 5.89 Å². The Morgan fingerprint density at radius 3 is 2.70 bits per heavy atom. The maximum atomic E-state index is 11.9. The van der Waals surface area contributed by atoms with Crippen LogP contribution in [0.25, 0.3) is 11.5 Å². The summed E-state index contributed by atoms with van der Waals surface area (Å²) in [6.07, 6.45) is 4.51. The van der Waals surface area contributed by atoms with E-state index in [1.807, 2.05) is 37.3 Å².